The normalized spacial score (nSPS) is 13.5. The molecule has 2 N–H and O–H groups in total. The molecule has 5 nitrogen and oxygen atoms in total. The number of hydrogen-bond donors (Lipinski definition) is 2. The lowest BCUT2D eigenvalue weighted by molar-refractivity contribution is 0.251. The minimum atomic E-state index is -0.252. The van der Waals surface area contributed by atoms with E-state index in [4.69, 9.17) is 23.2 Å². The first-order valence-electron chi connectivity index (χ1n) is 7.98. The fraction of sp³-hybridized carbons (Fsp3) is 0.222. The minimum Gasteiger partial charge on any atom is -0.353 e. The molecule has 1 heterocycles. The van der Waals surface area contributed by atoms with Gasteiger partial charge in [0, 0.05) is 35.9 Å². The zero-order valence-electron chi connectivity index (χ0n) is 13.5. The first-order chi connectivity index (χ1) is 12.1. The standard InChI is InChI=1S/C18H18Cl2N4O/c19-13-5-7-14(8-6-13)23-18(25)22-10-12-24-11-9-21-17(24)15-3-1-2-4-16(15)20/h1-8H,9-12H2,(H2,22,23,25). The number of nitrogens with zero attached hydrogens (tertiary/aromatic N) is 2. The Labute approximate surface area is 156 Å². The summed E-state index contributed by atoms with van der Waals surface area (Å²) in [5.74, 6) is 0.880. The molecule has 0 saturated heterocycles. The van der Waals surface area contributed by atoms with Gasteiger partial charge in [0.15, 0.2) is 0 Å². The molecule has 0 radical (unpaired) electrons. The zero-order chi connectivity index (χ0) is 17.6. The van der Waals surface area contributed by atoms with Crippen molar-refractivity contribution in [3.05, 3.63) is 64.1 Å². The Hall–Kier alpha value is -2.24. The van der Waals surface area contributed by atoms with Crippen LogP contribution in [0.5, 0.6) is 0 Å². The van der Waals surface area contributed by atoms with Crippen molar-refractivity contribution < 1.29 is 4.79 Å². The molecule has 1 aliphatic rings. The summed E-state index contributed by atoms with van der Waals surface area (Å²) in [4.78, 5) is 18.6. The Bertz CT molecular complexity index is 777. The van der Waals surface area contributed by atoms with Crippen molar-refractivity contribution in [1.29, 1.82) is 0 Å². The topological polar surface area (TPSA) is 56.7 Å². The average Bonchev–Trinajstić information content (AvgIpc) is 3.06. The van der Waals surface area contributed by atoms with E-state index in [0.29, 0.717) is 28.8 Å². The summed E-state index contributed by atoms with van der Waals surface area (Å²) in [6, 6.07) is 14.4. The van der Waals surface area contributed by atoms with Crippen LogP contribution in [0, 0.1) is 0 Å². The Kier molecular flexibility index (Phi) is 5.79. The maximum Gasteiger partial charge on any atom is 0.319 e. The zero-order valence-corrected chi connectivity index (χ0v) is 15.0. The van der Waals surface area contributed by atoms with Crippen molar-refractivity contribution in [2.75, 3.05) is 31.5 Å². The second kappa shape index (κ2) is 8.23. The van der Waals surface area contributed by atoms with Gasteiger partial charge >= 0.3 is 6.03 Å². The van der Waals surface area contributed by atoms with Crippen LogP contribution in [0.1, 0.15) is 5.56 Å². The van der Waals surface area contributed by atoms with Crippen molar-refractivity contribution in [2.45, 2.75) is 0 Å². The molecule has 2 aromatic carbocycles. The number of hydrogen-bond acceptors (Lipinski definition) is 3. The fourth-order valence-corrected chi connectivity index (χ4v) is 2.96. The summed E-state index contributed by atoms with van der Waals surface area (Å²) in [6.45, 7) is 2.72. The van der Waals surface area contributed by atoms with Gasteiger partial charge in [-0.25, -0.2) is 4.79 Å². The molecule has 2 aromatic rings. The van der Waals surface area contributed by atoms with Crippen LogP contribution >= 0.6 is 23.2 Å². The Morgan fingerprint density at radius 1 is 1.12 bits per heavy atom. The van der Waals surface area contributed by atoms with Gasteiger partial charge in [0.05, 0.1) is 11.6 Å². The van der Waals surface area contributed by atoms with E-state index in [1.165, 1.54) is 0 Å². The number of amidine groups is 1. The molecule has 25 heavy (non-hydrogen) atoms. The number of aliphatic imine (C=N–C) groups is 1. The number of amides is 2. The monoisotopic (exact) mass is 376 g/mol. The molecule has 0 fully saturated rings. The molecular formula is C18H18Cl2N4O. The predicted octanol–water partition coefficient (Wildman–Crippen LogP) is 3.88. The molecule has 0 saturated carbocycles. The lowest BCUT2D eigenvalue weighted by Gasteiger charge is -2.21. The highest BCUT2D eigenvalue weighted by molar-refractivity contribution is 6.34. The van der Waals surface area contributed by atoms with Crippen LogP contribution in [0.4, 0.5) is 10.5 Å². The number of anilines is 1. The van der Waals surface area contributed by atoms with E-state index in [1.807, 2.05) is 24.3 Å². The van der Waals surface area contributed by atoms with E-state index in [-0.39, 0.29) is 6.03 Å². The summed E-state index contributed by atoms with van der Waals surface area (Å²) in [7, 11) is 0. The molecule has 130 valence electrons. The number of carbonyl (C=O) groups excluding carboxylic acids is 1. The Morgan fingerprint density at radius 3 is 2.64 bits per heavy atom. The molecule has 0 aromatic heterocycles. The smallest absolute Gasteiger partial charge is 0.319 e. The van der Waals surface area contributed by atoms with E-state index in [9.17, 15) is 4.79 Å². The molecule has 7 heteroatoms. The van der Waals surface area contributed by atoms with Crippen molar-refractivity contribution in [1.82, 2.24) is 10.2 Å². The molecule has 0 atom stereocenters. The van der Waals surface area contributed by atoms with Gasteiger partial charge in [0.2, 0.25) is 0 Å². The van der Waals surface area contributed by atoms with Gasteiger partial charge in [-0.2, -0.15) is 0 Å². The summed E-state index contributed by atoms with van der Waals surface area (Å²) >= 11 is 12.1. The Morgan fingerprint density at radius 2 is 1.88 bits per heavy atom. The van der Waals surface area contributed by atoms with Gasteiger partial charge in [0.25, 0.3) is 0 Å². The number of benzene rings is 2. The molecule has 2 amide bonds. The number of halogens is 2. The highest BCUT2D eigenvalue weighted by Crippen LogP contribution is 2.20. The van der Waals surface area contributed by atoms with Crippen molar-refractivity contribution in [3.63, 3.8) is 0 Å². The van der Waals surface area contributed by atoms with Gasteiger partial charge in [-0.3, -0.25) is 4.99 Å². The summed E-state index contributed by atoms with van der Waals surface area (Å²) in [5, 5.41) is 6.93. The van der Waals surface area contributed by atoms with Gasteiger partial charge in [-0.15, -0.1) is 0 Å². The molecule has 1 aliphatic heterocycles. The maximum atomic E-state index is 12.0. The number of nitrogens with one attached hydrogen (secondary N) is 2. The van der Waals surface area contributed by atoms with Crippen LogP contribution in [-0.2, 0) is 0 Å². The first-order valence-corrected chi connectivity index (χ1v) is 8.74. The predicted molar refractivity (Wildman–Crippen MR) is 103 cm³/mol. The third kappa shape index (κ3) is 4.65. The van der Waals surface area contributed by atoms with Crippen LogP contribution in [0.2, 0.25) is 10.0 Å². The van der Waals surface area contributed by atoms with E-state index in [2.05, 4.69) is 20.5 Å². The van der Waals surface area contributed by atoms with E-state index in [1.54, 1.807) is 24.3 Å². The summed E-state index contributed by atoms with van der Waals surface area (Å²) < 4.78 is 0. The Balaban J connectivity index is 1.50. The van der Waals surface area contributed by atoms with Crippen molar-refractivity contribution in [3.8, 4) is 0 Å². The highest BCUT2D eigenvalue weighted by atomic mass is 35.5. The second-order valence-electron chi connectivity index (χ2n) is 5.56. The van der Waals surface area contributed by atoms with Crippen molar-refractivity contribution in [2.24, 2.45) is 4.99 Å². The minimum absolute atomic E-state index is 0.252. The molecular weight excluding hydrogens is 359 g/mol. The van der Waals surface area contributed by atoms with E-state index in [0.717, 1.165) is 24.5 Å². The van der Waals surface area contributed by atoms with Gasteiger partial charge in [0.1, 0.15) is 5.84 Å². The summed E-state index contributed by atoms with van der Waals surface area (Å²) in [6.07, 6.45) is 0. The molecule has 0 bridgehead atoms. The second-order valence-corrected chi connectivity index (χ2v) is 6.40. The first kappa shape index (κ1) is 17.6. The quantitative estimate of drug-likeness (QED) is 0.831. The summed E-state index contributed by atoms with van der Waals surface area (Å²) in [5.41, 5.74) is 1.62. The van der Waals surface area contributed by atoms with Crippen LogP contribution in [-0.4, -0.2) is 42.9 Å². The van der Waals surface area contributed by atoms with E-state index < -0.39 is 0 Å². The number of carbonyl (C=O) groups is 1. The number of rotatable bonds is 5. The lowest BCUT2D eigenvalue weighted by Crippen LogP contribution is -2.38. The molecule has 0 unspecified atom stereocenters. The van der Waals surface area contributed by atoms with Crippen LogP contribution < -0.4 is 10.6 Å². The van der Waals surface area contributed by atoms with Crippen LogP contribution in [0.25, 0.3) is 0 Å². The third-order valence-electron chi connectivity index (χ3n) is 3.82. The van der Waals surface area contributed by atoms with E-state index >= 15 is 0 Å². The van der Waals surface area contributed by atoms with Crippen molar-refractivity contribution >= 4 is 40.8 Å². The largest absolute Gasteiger partial charge is 0.353 e. The fourth-order valence-electron chi connectivity index (χ4n) is 2.61. The molecule has 0 spiro atoms. The molecule has 3 rings (SSSR count). The molecule has 0 aliphatic carbocycles. The van der Waals surface area contributed by atoms with Gasteiger partial charge < -0.3 is 15.5 Å². The highest BCUT2D eigenvalue weighted by Gasteiger charge is 2.20. The van der Waals surface area contributed by atoms with Gasteiger partial charge in [-0.1, -0.05) is 35.3 Å². The van der Waals surface area contributed by atoms with Crippen LogP contribution in [0.15, 0.2) is 53.5 Å². The average molecular weight is 377 g/mol. The maximum absolute atomic E-state index is 12.0. The SMILES string of the molecule is O=C(NCCN1CCN=C1c1ccccc1Cl)Nc1ccc(Cl)cc1. The number of urea groups is 1. The lowest BCUT2D eigenvalue weighted by atomic mass is 10.2. The third-order valence-corrected chi connectivity index (χ3v) is 4.40. The van der Waals surface area contributed by atoms with Crippen LogP contribution in [0.3, 0.4) is 0 Å². The van der Waals surface area contributed by atoms with Gasteiger partial charge in [-0.05, 0) is 36.4 Å².